The Labute approximate surface area is 179 Å². The maximum absolute atomic E-state index is 10.2. The summed E-state index contributed by atoms with van der Waals surface area (Å²) >= 11 is 0. The molecule has 6 atom stereocenters. The van der Waals surface area contributed by atoms with E-state index in [9.17, 15) is 5.11 Å². The first kappa shape index (κ1) is 21.2. The van der Waals surface area contributed by atoms with E-state index < -0.39 is 0 Å². The summed E-state index contributed by atoms with van der Waals surface area (Å²) in [5.41, 5.74) is 8.32. The van der Waals surface area contributed by atoms with Crippen LogP contribution in [0.15, 0.2) is 18.2 Å². The van der Waals surface area contributed by atoms with Crippen molar-refractivity contribution in [3.63, 3.8) is 0 Å². The molecule has 0 aliphatic heterocycles. The number of aliphatic hydroxyl groups is 1. The van der Waals surface area contributed by atoms with Gasteiger partial charge in [-0.1, -0.05) is 52.8 Å². The quantitative estimate of drug-likeness (QED) is 0.558. The Kier molecular flexibility index (Phi) is 5.75. The van der Waals surface area contributed by atoms with E-state index in [1.807, 2.05) is 0 Å². The summed E-state index contributed by atoms with van der Waals surface area (Å²) < 4.78 is 0. The van der Waals surface area contributed by atoms with Gasteiger partial charge in [-0.2, -0.15) is 0 Å². The number of hydrogen-bond acceptors (Lipinski definition) is 1. The second-order valence-corrected chi connectivity index (χ2v) is 11.2. The highest BCUT2D eigenvalue weighted by Gasteiger charge is 2.51. The van der Waals surface area contributed by atoms with E-state index in [-0.39, 0.29) is 6.10 Å². The minimum absolute atomic E-state index is 0.134. The monoisotopic (exact) mass is 394 g/mol. The molecule has 29 heavy (non-hydrogen) atoms. The second kappa shape index (κ2) is 7.88. The van der Waals surface area contributed by atoms with E-state index in [1.54, 1.807) is 16.7 Å². The third-order valence-corrected chi connectivity index (χ3v) is 9.20. The molecule has 0 heterocycles. The average Bonchev–Trinajstić information content (AvgIpc) is 3.03. The summed E-state index contributed by atoms with van der Waals surface area (Å²) in [7, 11) is 0. The molecule has 0 aromatic heterocycles. The molecule has 4 rings (SSSR count). The number of aliphatic hydroxyl groups excluding tert-OH is 1. The van der Waals surface area contributed by atoms with E-state index >= 15 is 0 Å². The molecule has 3 aliphatic rings. The molecular weight excluding hydrogens is 352 g/mol. The van der Waals surface area contributed by atoms with Crippen molar-refractivity contribution in [1.82, 2.24) is 0 Å². The Morgan fingerprint density at radius 1 is 1.00 bits per heavy atom. The van der Waals surface area contributed by atoms with Crippen molar-refractivity contribution in [2.45, 2.75) is 98.5 Å². The molecule has 1 nitrogen and oxygen atoms in total. The van der Waals surface area contributed by atoms with Crippen molar-refractivity contribution in [2.24, 2.45) is 29.1 Å². The molecular formula is C28H42O. The zero-order valence-corrected chi connectivity index (χ0v) is 19.6. The van der Waals surface area contributed by atoms with Gasteiger partial charge in [0.2, 0.25) is 0 Å². The lowest BCUT2D eigenvalue weighted by atomic mass is 9.60. The number of allylic oxidation sites excluding steroid dienone is 2. The van der Waals surface area contributed by atoms with Gasteiger partial charge in [-0.25, -0.2) is 0 Å². The Hall–Kier alpha value is -1.08. The van der Waals surface area contributed by atoms with Crippen LogP contribution in [0, 0.1) is 36.0 Å². The van der Waals surface area contributed by atoms with Crippen molar-refractivity contribution < 1.29 is 5.11 Å². The highest BCUT2D eigenvalue weighted by Crippen LogP contribution is 2.61. The molecule has 1 aromatic rings. The molecule has 1 saturated carbocycles. The van der Waals surface area contributed by atoms with E-state index in [2.05, 4.69) is 59.8 Å². The Bertz CT molecular complexity index is 788. The van der Waals surface area contributed by atoms with Gasteiger partial charge in [0.1, 0.15) is 0 Å². The number of hydrogen-bond donors (Lipinski definition) is 1. The van der Waals surface area contributed by atoms with Gasteiger partial charge in [0, 0.05) is 0 Å². The Morgan fingerprint density at radius 2 is 1.76 bits per heavy atom. The summed E-state index contributed by atoms with van der Waals surface area (Å²) in [4.78, 5) is 0. The van der Waals surface area contributed by atoms with Crippen LogP contribution in [0.3, 0.4) is 0 Å². The predicted octanol–water partition coefficient (Wildman–Crippen LogP) is 6.78. The molecule has 1 N–H and O–H groups in total. The van der Waals surface area contributed by atoms with Gasteiger partial charge in [-0.3, -0.25) is 0 Å². The molecule has 1 fully saturated rings. The van der Waals surface area contributed by atoms with Crippen LogP contribution in [-0.4, -0.2) is 11.2 Å². The van der Waals surface area contributed by atoms with Crippen LogP contribution in [-0.2, 0) is 19.3 Å². The molecule has 3 aliphatic carbocycles. The van der Waals surface area contributed by atoms with Crippen molar-refractivity contribution in [2.75, 3.05) is 0 Å². The molecule has 0 spiro atoms. The third kappa shape index (κ3) is 3.62. The number of benzene rings is 1. The molecule has 1 heteroatoms. The zero-order valence-electron chi connectivity index (χ0n) is 19.6. The Balaban J connectivity index is 1.63. The van der Waals surface area contributed by atoms with Crippen LogP contribution in [0.5, 0.6) is 0 Å². The van der Waals surface area contributed by atoms with Crippen LogP contribution >= 0.6 is 0 Å². The Morgan fingerprint density at radius 3 is 2.48 bits per heavy atom. The van der Waals surface area contributed by atoms with Gasteiger partial charge in [-0.05, 0) is 115 Å². The van der Waals surface area contributed by atoms with E-state index in [1.165, 1.54) is 36.8 Å². The first-order chi connectivity index (χ1) is 13.7. The SMILES string of the molecule is Cc1cc2c(c3c1C[C@@H](O)CC3)CC[C@]1(C)[C@@H]([C@H](C)C=C[C@H](C)C(C)C)CC[C@@H]21. The van der Waals surface area contributed by atoms with Gasteiger partial charge in [0.05, 0.1) is 6.10 Å². The molecule has 1 aromatic carbocycles. The van der Waals surface area contributed by atoms with Crippen molar-refractivity contribution in [3.05, 3.63) is 46.0 Å². The zero-order chi connectivity index (χ0) is 20.9. The maximum Gasteiger partial charge on any atom is 0.0583 e. The molecule has 0 saturated heterocycles. The van der Waals surface area contributed by atoms with Gasteiger partial charge in [-0.15, -0.1) is 0 Å². The number of rotatable bonds is 4. The molecule has 0 radical (unpaired) electrons. The topological polar surface area (TPSA) is 20.2 Å². The average molecular weight is 395 g/mol. The highest BCUT2D eigenvalue weighted by atomic mass is 16.3. The van der Waals surface area contributed by atoms with Crippen LogP contribution in [0.25, 0.3) is 0 Å². The molecule has 0 bridgehead atoms. The van der Waals surface area contributed by atoms with Crippen molar-refractivity contribution >= 4 is 0 Å². The van der Waals surface area contributed by atoms with E-state index in [0.29, 0.717) is 17.3 Å². The smallest absolute Gasteiger partial charge is 0.0583 e. The number of fused-ring (bicyclic) bond motifs is 5. The second-order valence-electron chi connectivity index (χ2n) is 11.2. The van der Waals surface area contributed by atoms with E-state index in [0.717, 1.165) is 37.0 Å². The summed E-state index contributed by atoms with van der Waals surface area (Å²) in [6, 6.07) is 2.53. The molecule has 0 amide bonds. The third-order valence-electron chi connectivity index (χ3n) is 9.20. The number of aryl methyl sites for hydroxylation is 1. The first-order valence-electron chi connectivity index (χ1n) is 12.2. The van der Waals surface area contributed by atoms with Crippen LogP contribution in [0.4, 0.5) is 0 Å². The first-order valence-corrected chi connectivity index (χ1v) is 12.2. The maximum atomic E-state index is 10.2. The van der Waals surface area contributed by atoms with Crippen molar-refractivity contribution in [3.8, 4) is 0 Å². The van der Waals surface area contributed by atoms with Crippen LogP contribution < -0.4 is 0 Å². The summed E-state index contributed by atoms with van der Waals surface area (Å²) in [5, 5.41) is 10.2. The van der Waals surface area contributed by atoms with Gasteiger partial charge in [0.25, 0.3) is 0 Å². The predicted molar refractivity (Wildman–Crippen MR) is 123 cm³/mol. The minimum Gasteiger partial charge on any atom is -0.393 e. The lowest BCUT2D eigenvalue weighted by Crippen LogP contribution is -2.36. The lowest BCUT2D eigenvalue weighted by Gasteiger charge is -2.45. The normalized spacial score (nSPS) is 33.4. The highest BCUT2D eigenvalue weighted by molar-refractivity contribution is 5.51. The van der Waals surface area contributed by atoms with Gasteiger partial charge < -0.3 is 5.11 Å². The van der Waals surface area contributed by atoms with Crippen molar-refractivity contribution in [1.29, 1.82) is 0 Å². The van der Waals surface area contributed by atoms with Gasteiger partial charge in [0.15, 0.2) is 0 Å². The fourth-order valence-electron chi connectivity index (χ4n) is 6.94. The summed E-state index contributed by atoms with van der Waals surface area (Å²) in [6.07, 6.45) is 13.1. The van der Waals surface area contributed by atoms with Crippen LogP contribution in [0.1, 0.15) is 94.0 Å². The lowest BCUT2D eigenvalue weighted by molar-refractivity contribution is 0.140. The minimum atomic E-state index is -0.134. The molecule has 0 unspecified atom stereocenters. The summed E-state index contributed by atoms with van der Waals surface area (Å²) in [6.45, 7) is 14.4. The largest absolute Gasteiger partial charge is 0.393 e. The summed E-state index contributed by atoms with van der Waals surface area (Å²) in [5.74, 6) is 3.58. The fourth-order valence-corrected chi connectivity index (χ4v) is 6.94. The van der Waals surface area contributed by atoms with Gasteiger partial charge >= 0.3 is 0 Å². The van der Waals surface area contributed by atoms with E-state index in [4.69, 9.17) is 0 Å². The fraction of sp³-hybridized carbons (Fsp3) is 0.714. The standard InChI is InChI=1S/C28H42O/c1-17(2)18(3)7-8-19(4)26-11-12-27-25-15-20(5)24-16-21(29)9-10-22(24)23(25)13-14-28(26,27)6/h7-8,15,17-19,21,26-27,29H,9-14,16H2,1-6H3/t18-,19+,21-,26+,27-,28+/m0/s1. The molecule has 160 valence electrons. The van der Waals surface area contributed by atoms with Crippen LogP contribution in [0.2, 0.25) is 0 Å².